The normalized spacial score (nSPS) is 20.5. The minimum Gasteiger partial charge on any atom is -0.503 e. The Balaban J connectivity index is 1.62. The average Bonchev–Trinajstić information content (AvgIpc) is 3.04. The zero-order valence-electron chi connectivity index (χ0n) is 15.5. The van der Waals surface area contributed by atoms with Crippen molar-refractivity contribution in [2.45, 2.75) is 38.6 Å². The third kappa shape index (κ3) is 3.21. The van der Waals surface area contributed by atoms with Gasteiger partial charge in [-0.3, -0.25) is 14.4 Å². The molecule has 152 valence electrons. The Morgan fingerprint density at radius 2 is 2.07 bits per heavy atom. The Bertz CT molecular complexity index is 1080. The van der Waals surface area contributed by atoms with Gasteiger partial charge in [0.05, 0.1) is 24.8 Å². The van der Waals surface area contributed by atoms with Gasteiger partial charge in [0, 0.05) is 18.7 Å². The first-order valence-electron chi connectivity index (χ1n) is 9.15. The van der Waals surface area contributed by atoms with Crippen LogP contribution in [0.4, 0.5) is 8.78 Å². The van der Waals surface area contributed by atoms with Gasteiger partial charge in [-0.2, -0.15) is 0 Å². The van der Waals surface area contributed by atoms with Gasteiger partial charge >= 0.3 is 0 Å². The summed E-state index contributed by atoms with van der Waals surface area (Å²) in [6.07, 6.45) is 0.446. The molecule has 1 saturated heterocycles. The third-order valence-corrected chi connectivity index (χ3v) is 5.30. The highest BCUT2D eigenvalue weighted by molar-refractivity contribution is 6.00. The van der Waals surface area contributed by atoms with Crippen LogP contribution in [0.5, 0.6) is 5.75 Å². The van der Waals surface area contributed by atoms with E-state index in [1.165, 1.54) is 21.7 Å². The van der Waals surface area contributed by atoms with Gasteiger partial charge in [-0.05, 0) is 25.0 Å². The number of pyridine rings is 1. The molecular weight excluding hydrogens is 386 g/mol. The van der Waals surface area contributed by atoms with Crippen LogP contribution >= 0.6 is 0 Å². The van der Waals surface area contributed by atoms with Crippen LogP contribution in [0, 0.1) is 11.6 Å². The zero-order chi connectivity index (χ0) is 20.9. The van der Waals surface area contributed by atoms with Gasteiger partial charge in [0.15, 0.2) is 23.5 Å². The number of aromatic nitrogens is 1. The summed E-state index contributed by atoms with van der Waals surface area (Å²) < 4.78 is 33.7. The molecule has 7 nitrogen and oxygen atoms in total. The molecule has 1 aromatic heterocycles. The van der Waals surface area contributed by atoms with Crippen LogP contribution in [0.3, 0.4) is 0 Å². The molecule has 2 aromatic rings. The van der Waals surface area contributed by atoms with Gasteiger partial charge in [-0.25, -0.2) is 8.78 Å². The number of halogens is 2. The maximum Gasteiger partial charge on any atom is 0.276 e. The number of hydrogen-bond acceptors (Lipinski definition) is 5. The highest BCUT2D eigenvalue weighted by Crippen LogP contribution is 2.29. The smallest absolute Gasteiger partial charge is 0.276 e. The summed E-state index contributed by atoms with van der Waals surface area (Å²) in [6.45, 7) is 2.31. The summed E-state index contributed by atoms with van der Waals surface area (Å²) in [5.41, 5.74) is -1.27. The SMILES string of the molecule is C[C@@H]1CO[C@H]2Cn3cc(C(=O)CCc4ccc(F)cc4F)c(=O)c(O)c3C(=O)N12. The topological polar surface area (TPSA) is 88.8 Å². The molecule has 2 atom stereocenters. The molecule has 1 fully saturated rings. The number of carbonyl (C=O) groups is 2. The lowest BCUT2D eigenvalue weighted by Gasteiger charge is -2.33. The minimum absolute atomic E-state index is 0.0388. The molecule has 0 aliphatic carbocycles. The van der Waals surface area contributed by atoms with Crippen molar-refractivity contribution in [2.24, 2.45) is 0 Å². The number of amides is 1. The van der Waals surface area contributed by atoms with E-state index >= 15 is 0 Å². The summed E-state index contributed by atoms with van der Waals surface area (Å²) in [5.74, 6) is -3.43. The highest BCUT2D eigenvalue weighted by Gasteiger charge is 2.42. The predicted octanol–water partition coefficient (Wildman–Crippen LogP) is 1.85. The van der Waals surface area contributed by atoms with Crippen molar-refractivity contribution in [3.8, 4) is 5.75 Å². The number of nitrogens with zero attached hydrogens (tertiary/aromatic N) is 2. The highest BCUT2D eigenvalue weighted by atomic mass is 19.1. The molecule has 0 spiro atoms. The fourth-order valence-corrected chi connectivity index (χ4v) is 3.78. The van der Waals surface area contributed by atoms with Crippen LogP contribution in [0.25, 0.3) is 0 Å². The van der Waals surface area contributed by atoms with Crippen molar-refractivity contribution in [3.63, 3.8) is 0 Å². The molecule has 0 saturated carbocycles. The number of benzene rings is 1. The lowest BCUT2D eigenvalue weighted by Crippen LogP contribution is -2.48. The summed E-state index contributed by atoms with van der Waals surface area (Å²) in [6, 6.07) is 2.85. The molecule has 1 aromatic carbocycles. The molecule has 0 unspecified atom stereocenters. The van der Waals surface area contributed by atoms with Gasteiger partial charge in [-0.15, -0.1) is 0 Å². The Hall–Kier alpha value is -3.07. The van der Waals surface area contributed by atoms with Crippen molar-refractivity contribution >= 4 is 11.7 Å². The third-order valence-electron chi connectivity index (χ3n) is 5.30. The van der Waals surface area contributed by atoms with E-state index in [-0.39, 0.29) is 42.2 Å². The zero-order valence-corrected chi connectivity index (χ0v) is 15.5. The quantitative estimate of drug-likeness (QED) is 0.786. The molecule has 0 radical (unpaired) electrons. The van der Waals surface area contributed by atoms with Crippen molar-refractivity contribution in [1.82, 2.24) is 9.47 Å². The van der Waals surface area contributed by atoms with E-state index in [9.17, 15) is 28.3 Å². The minimum atomic E-state index is -0.944. The van der Waals surface area contributed by atoms with Gasteiger partial charge in [0.25, 0.3) is 5.91 Å². The standard InChI is InChI=1S/C20H18F2N2O5/c1-10-9-29-16-8-23-7-13(18(26)19(27)17(23)20(28)24(10)16)15(25)5-3-11-2-4-12(21)6-14(11)22/h2,4,6-7,10,16,27H,3,5,8-9H2,1H3/t10-,16+/m1/s1. The Labute approximate surface area is 164 Å². The van der Waals surface area contributed by atoms with E-state index in [1.807, 2.05) is 0 Å². The molecule has 2 aliphatic rings. The molecule has 3 heterocycles. The van der Waals surface area contributed by atoms with E-state index in [2.05, 4.69) is 0 Å². The largest absolute Gasteiger partial charge is 0.503 e. The van der Waals surface area contributed by atoms with Crippen LogP contribution in [-0.4, -0.2) is 45.1 Å². The number of fused-ring (bicyclic) bond motifs is 2. The fraction of sp³-hybridized carbons (Fsp3) is 0.350. The number of aromatic hydroxyl groups is 1. The van der Waals surface area contributed by atoms with E-state index in [4.69, 9.17) is 4.74 Å². The second-order valence-electron chi connectivity index (χ2n) is 7.23. The van der Waals surface area contributed by atoms with Crippen LogP contribution in [0.2, 0.25) is 0 Å². The summed E-state index contributed by atoms with van der Waals surface area (Å²) in [5, 5.41) is 10.3. The van der Waals surface area contributed by atoms with E-state index in [0.717, 1.165) is 12.1 Å². The van der Waals surface area contributed by atoms with Crippen LogP contribution in [0.1, 0.15) is 39.8 Å². The maximum atomic E-state index is 13.8. The number of ketones is 1. The summed E-state index contributed by atoms with van der Waals surface area (Å²) in [4.78, 5) is 39.3. The average molecular weight is 404 g/mol. The van der Waals surface area contributed by atoms with Crippen molar-refractivity contribution in [3.05, 3.63) is 63.1 Å². The van der Waals surface area contributed by atoms with Gasteiger partial charge < -0.3 is 19.3 Å². The molecule has 1 N–H and O–H groups in total. The van der Waals surface area contributed by atoms with Crippen molar-refractivity contribution < 1.29 is 28.2 Å². The van der Waals surface area contributed by atoms with E-state index in [1.54, 1.807) is 6.92 Å². The van der Waals surface area contributed by atoms with Gasteiger partial charge in [0.1, 0.15) is 11.6 Å². The molecule has 1 amide bonds. The van der Waals surface area contributed by atoms with E-state index in [0.29, 0.717) is 6.61 Å². The number of Topliss-reactive ketones (excluding diaryl/α,β-unsaturated/α-hetero) is 1. The molecule has 0 bridgehead atoms. The Morgan fingerprint density at radius 3 is 2.79 bits per heavy atom. The summed E-state index contributed by atoms with van der Waals surface area (Å²) >= 11 is 0. The predicted molar refractivity (Wildman–Crippen MR) is 96.7 cm³/mol. The first-order chi connectivity index (χ1) is 13.8. The maximum absolute atomic E-state index is 13.8. The number of ether oxygens (including phenoxy) is 1. The second-order valence-corrected chi connectivity index (χ2v) is 7.23. The second kappa shape index (κ2) is 7.07. The van der Waals surface area contributed by atoms with Crippen LogP contribution in [0.15, 0.2) is 29.2 Å². The number of hydrogen-bond donors (Lipinski definition) is 1. The van der Waals surface area contributed by atoms with E-state index < -0.39 is 40.7 Å². The van der Waals surface area contributed by atoms with Crippen molar-refractivity contribution in [1.29, 1.82) is 0 Å². The van der Waals surface area contributed by atoms with Crippen LogP contribution in [-0.2, 0) is 17.7 Å². The molecule has 29 heavy (non-hydrogen) atoms. The first kappa shape index (κ1) is 19.3. The number of rotatable bonds is 4. The monoisotopic (exact) mass is 404 g/mol. The Morgan fingerprint density at radius 1 is 1.31 bits per heavy atom. The Kier molecular flexibility index (Phi) is 4.70. The van der Waals surface area contributed by atoms with Gasteiger partial charge in [0.2, 0.25) is 5.43 Å². The van der Waals surface area contributed by atoms with Gasteiger partial charge in [-0.1, -0.05) is 6.07 Å². The van der Waals surface area contributed by atoms with Crippen molar-refractivity contribution in [2.75, 3.05) is 6.61 Å². The molecular formula is C20H18F2N2O5. The lowest BCUT2D eigenvalue weighted by molar-refractivity contribution is 0.00625. The fourth-order valence-electron chi connectivity index (χ4n) is 3.78. The molecule has 2 aliphatic heterocycles. The summed E-state index contributed by atoms with van der Waals surface area (Å²) in [7, 11) is 0. The number of carbonyl (C=O) groups excluding carboxylic acids is 2. The number of aryl methyl sites for hydroxylation is 1. The molecule has 9 heteroatoms. The molecule has 4 rings (SSSR count). The first-order valence-corrected chi connectivity index (χ1v) is 9.15. The lowest BCUT2D eigenvalue weighted by atomic mass is 10.0. The van der Waals surface area contributed by atoms with Crippen LogP contribution < -0.4 is 5.43 Å².